The van der Waals surface area contributed by atoms with Gasteiger partial charge in [0.15, 0.2) is 0 Å². The lowest BCUT2D eigenvalue weighted by molar-refractivity contribution is -0.620. The molecule has 0 aromatic rings. The first-order chi connectivity index (χ1) is 13.9. The molecule has 0 aromatic carbocycles. The molecule has 4 aliphatic rings. The minimum absolute atomic E-state index is 0.0283. The average Bonchev–Trinajstić information content (AvgIpc) is 3.00. The van der Waals surface area contributed by atoms with E-state index in [2.05, 4.69) is 25.5 Å². The zero-order valence-electron chi connectivity index (χ0n) is 17.5. The van der Waals surface area contributed by atoms with Crippen LogP contribution in [0.1, 0.15) is 36.6 Å². The summed E-state index contributed by atoms with van der Waals surface area (Å²) >= 11 is 0. The molecule has 3 amide bonds. The third-order valence-corrected chi connectivity index (χ3v) is 5.77. The molecular weight excluding hydrogens is 378 g/mol. The maximum Gasteiger partial charge on any atom is 0.346 e. The number of guanidine groups is 1. The van der Waals surface area contributed by atoms with Gasteiger partial charge in [-0.1, -0.05) is 6.92 Å². The summed E-state index contributed by atoms with van der Waals surface area (Å²) in [5, 5.41) is 11.0. The summed E-state index contributed by atoms with van der Waals surface area (Å²) in [5.74, 6) is -0.577. The molecule has 27 heavy (non-hydrogen) atoms. The van der Waals surface area contributed by atoms with Gasteiger partial charge in [0.05, 0.1) is 24.7 Å². The zero-order valence-corrected chi connectivity index (χ0v) is 15.3. The van der Waals surface area contributed by atoms with E-state index >= 15 is 0 Å². The fourth-order valence-corrected chi connectivity index (χ4v) is 4.65. The molecule has 0 radical (unpaired) electrons. The Balaban J connectivity index is 1.65. The Bertz CT molecular complexity index is 898. The molecule has 2 fully saturated rings. The number of amides is 3. The lowest BCUT2D eigenvalue weighted by atomic mass is 9.82. The number of carbonyl (C=O) groups is 2. The highest BCUT2D eigenvalue weighted by Gasteiger charge is 2.51. The average molecular weight is 404 g/mol. The Morgan fingerprint density at radius 3 is 2.81 bits per heavy atom. The van der Waals surface area contributed by atoms with E-state index in [0.717, 1.165) is 0 Å². The van der Waals surface area contributed by atoms with Gasteiger partial charge < -0.3 is 9.87 Å². The summed E-state index contributed by atoms with van der Waals surface area (Å²) < 4.78 is 66.0. The van der Waals surface area contributed by atoms with Crippen LogP contribution in [0.5, 0.6) is 0 Å². The van der Waals surface area contributed by atoms with Crippen LogP contribution in [0.2, 0.25) is 0 Å². The summed E-state index contributed by atoms with van der Waals surface area (Å²) in [7, 11) is -5.15. The molecule has 4 rings (SSSR count). The third-order valence-electron chi connectivity index (χ3n) is 5.33. The van der Waals surface area contributed by atoms with Gasteiger partial charge in [-0.2, -0.15) is 0 Å². The van der Waals surface area contributed by atoms with E-state index in [1.165, 1.54) is 0 Å². The number of nitrogens with zero attached hydrogens (tertiary/aromatic N) is 1. The van der Waals surface area contributed by atoms with Crippen molar-refractivity contribution in [2.75, 3.05) is 6.54 Å². The Morgan fingerprint density at radius 1 is 1.33 bits per heavy atom. The van der Waals surface area contributed by atoms with Gasteiger partial charge in [-0.05, 0) is 0 Å². The lowest BCUT2D eigenvalue weighted by Crippen LogP contribution is -2.60. The minimum atomic E-state index is -5.15. The van der Waals surface area contributed by atoms with Crippen molar-refractivity contribution in [2.24, 2.45) is 5.92 Å². The number of nitrogens with one attached hydrogen (secondary N) is 4. The van der Waals surface area contributed by atoms with Crippen molar-refractivity contribution in [1.82, 2.24) is 21.3 Å². The first kappa shape index (κ1) is 15.1. The molecule has 0 aromatic heterocycles. The van der Waals surface area contributed by atoms with Crippen LogP contribution in [0.3, 0.4) is 0 Å². The molecule has 0 saturated carbocycles. The molecular formula is C15H23N5O6S. The highest BCUT2D eigenvalue weighted by atomic mass is 32.3. The zero-order chi connectivity index (χ0) is 22.0. The Hall–Kier alpha value is -1.92. The fraction of sp³-hybridized carbons (Fsp3) is 0.800. The molecule has 150 valence electrons. The molecule has 7 unspecified atom stereocenters. The second kappa shape index (κ2) is 6.60. The quantitative estimate of drug-likeness (QED) is 0.237. The predicted molar refractivity (Wildman–Crippen MR) is 90.4 cm³/mol. The van der Waals surface area contributed by atoms with Crippen LogP contribution >= 0.6 is 0 Å². The molecule has 7 atom stereocenters. The topological polar surface area (TPSA) is 152 Å². The van der Waals surface area contributed by atoms with Crippen molar-refractivity contribution >= 4 is 28.3 Å². The highest BCUT2D eigenvalue weighted by Crippen LogP contribution is 2.34. The Morgan fingerprint density at radius 2 is 2.11 bits per heavy atom. The van der Waals surface area contributed by atoms with E-state index in [1.807, 2.05) is 0 Å². The molecule has 0 spiro atoms. The van der Waals surface area contributed by atoms with E-state index in [-0.39, 0.29) is 18.9 Å². The van der Waals surface area contributed by atoms with E-state index in [1.54, 1.807) is 11.5 Å². The number of imide groups is 1. The van der Waals surface area contributed by atoms with Crippen LogP contribution in [-0.4, -0.2) is 72.3 Å². The SMILES string of the molecule is [2H]C1C(CC2CC(=O)NC(=O)N2)NC2=[N+]3C(CN2)C(C)C(OS(=O)(=O)[O-])C([2H])([2H])C13. The molecule has 11 nitrogen and oxygen atoms in total. The standard InChI is InChI=1S/C15H23N5O6S/c1-7-11-6-16-14-17-8(2-9-4-13(21)19-15(22)18-9)3-10(20(11)14)5-12(7)26-27(23,24)25/h7-12H,2-6H2,1H3,(H4,16,17,18,19,21,22,23,24,25)/i3D,5D2. The number of urea groups is 1. The lowest BCUT2D eigenvalue weighted by Gasteiger charge is -2.41. The first-order valence-corrected chi connectivity index (χ1v) is 10.0. The molecule has 2 saturated heterocycles. The Kier molecular flexibility index (Phi) is 3.68. The fourth-order valence-electron chi connectivity index (χ4n) is 4.16. The monoisotopic (exact) mass is 404 g/mol. The van der Waals surface area contributed by atoms with Crippen LogP contribution in [0.4, 0.5) is 4.79 Å². The summed E-state index contributed by atoms with van der Waals surface area (Å²) in [6.07, 6.45) is -4.75. The third kappa shape index (κ3) is 3.73. The van der Waals surface area contributed by atoms with E-state index in [0.29, 0.717) is 12.5 Å². The van der Waals surface area contributed by atoms with Crippen molar-refractivity contribution in [3.8, 4) is 0 Å². The second-order valence-corrected chi connectivity index (χ2v) is 8.21. The summed E-state index contributed by atoms with van der Waals surface area (Å²) in [5.41, 5.74) is 0. The number of rotatable bonds is 4. The van der Waals surface area contributed by atoms with Crippen LogP contribution in [0, 0.1) is 5.92 Å². The molecule has 0 aliphatic carbocycles. The van der Waals surface area contributed by atoms with Crippen molar-refractivity contribution in [1.29, 1.82) is 0 Å². The van der Waals surface area contributed by atoms with Crippen LogP contribution < -0.4 is 21.3 Å². The summed E-state index contributed by atoms with van der Waals surface area (Å²) in [6, 6.07) is -3.28. The molecule has 4 N–H and O–H groups in total. The number of piperidine rings is 1. The largest absolute Gasteiger partial charge is 0.726 e. The van der Waals surface area contributed by atoms with Gasteiger partial charge >= 0.3 is 12.0 Å². The van der Waals surface area contributed by atoms with Crippen LogP contribution in [-0.2, 0) is 19.4 Å². The first-order valence-electron chi connectivity index (χ1n) is 10.3. The molecule has 0 bridgehead atoms. The number of hydrogen-bond acceptors (Lipinski definition) is 8. The molecule has 12 heteroatoms. The maximum atomic E-state index is 11.6. The van der Waals surface area contributed by atoms with Crippen molar-refractivity contribution in [2.45, 2.75) is 62.8 Å². The maximum absolute atomic E-state index is 11.6. The molecule has 4 heterocycles. The molecule has 4 aliphatic heterocycles. The minimum Gasteiger partial charge on any atom is -0.726 e. The number of carbonyl (C=O) groups excluding carboxylic acids is 2. The van der Waals surface area contributed by atoms with Gasteiger partial charge in [0.1, 0.15) is 6.04 Å². The van der Waals surface area contributed by atoms with Gasteiger partial charge in [0, 0.05) is 41.7 Å². The van der Waals surface area contributed by atoms with Gasteiger partial charge in [0.25, 0.3) is 0 Å². The Labute approximate surface area is 161 Å². The van der Waals surface area contributed by atoms with E-state index in [9.17, 15) is 22.6 Å². The summed E-state index contributed by atoms with van der Waals surface area (Å²) in [6.45, 7) is 1.97. The van der Waals surface area contributed by atoms with E-state index in [4.69, 9.17) is 4.11 Å². The summed E-state index contributed by atoms with van der Waals surface area (Å²) in [4.78, 5) is 23.2. The smallest absolute Gasteiger partial charge is 0.346 e. The normalized spacial score (nSPS) is 44.7. The van der Waals surface area contributed by atoms with Gasteiger partial charge in [0.2, 0.25) is 16.3 Å². The van der Waals surface area contributed by atoms with Crippen molar-refractivity contribution in [3.63, 3.8) is 0 Å². The second-order valence-electron chi connectivity index (χ2n) is 7.20. The van der Waals surface area contributed by atoms with Gasteiger partial charge in [-0.3, -0.25) is 29.5 Å². The van der Waals surface area contributed by atoms with Gasteiger partial charge in [-0.25, -0.2) is 13.2 Å². The highest BCUT2D eigenvalue weighted by molar-refractivity contribution is 7.80. The predicted octanol–water partition coefficient (Wildman–Crippen LogP) is -2.07. The number of hydrogen-bond donors (Lipinski definition) is 4. The van der Waals surface area contributed by atoms with E-state index < -0.39 is 65.3 Å². The van der Waals surface area contributed by atoms with Crippen molar-refractivity contribution < 1.29 is 35.4 Å². The van der Waals surface area contributed by atoms with Crippen molar-refractivity contribution in [3.05, 3.63) is 0 Å². The van der Waals surface area contributed by atoms with Gasteiger partial charge in [-0.15, -0.1) is 0 Å². The van der Waals surface area contributed by atoms with Crippen LogP contribution in [0.15, 0.2) is 0 Å². The van der Waals surface area contributed by atoms with Crippen LogP contribution in [0.25, 0.3) is 0 Å².